The van der Waals surface area contributed by atoms with E-state index in [9.17, 15) is 4.79 Å². The number of rotatable bonds is 3. The van der Waals surface area contributed by atoms with E-state index in [0.29, 0.717) is 24.7 Å². The third-order valence-corrected chi connectivity index (χ3v) is 4.10. The number of aryl methyl sites for hydroxylation is 2. The van der Waals surface area contributed by atoms with Gasteiger partial charge in [0.2, 0.25) is 11.8 Å². The Morgan fingerprint density at radius 3 is 2.77 bits per heavy atom. The molecule has 3 rings (SSSR count). The summed E-state index contributed by atoms with van der Waals surface area (Å²) in [5.74, 6) is 1.60. The van der Waals surface area contributed by atoms with Gasteiger partial charge < -0.3 is 9.42 Å². The first-order valence-electron chi connectivity index (χ1n) is 7.67. The molecule has 1 aliphatic rings. The van der Waals surface area contributed by atoms with Crippen LogP contribution in [0.3, 0.4) is 0 Å². The van der Waals surface area contributed by atoms with Crippen LogP contribution in [0.15, 0.2) is 22.7 Å². The molecular weight excluding hydrogens is 278 g/mol. The molecule has 22 heavy (non-hydrogen) atoms. The number of nitrogens with zero attached hydrogens (tertiary/aromatic N) is 3. The number of amides is 1. The Morgan fingerprint density at radius 2 is 2.09 bits per heavy atom. The fourth-order valence-corrected chi connectivity index (χ4v) is 2.76. The molecule has 1 saturated heterocycles. The minimum absolute atomic E-state index is 0.0209. The lowest BCUT2D eigenvalue weighted by Crippen LogP contribution is -2.25. The van der Waals surface area contributed by atoms with E-state index in [4.69, 9.17) is 4.52 Å². The summed E-state index contributed by atoms with van der Waals surface area (Å²) in [6.07, 6.45) is 0.424. The number of anilines is 1. The van der Waals surface area contributed by atoms with Crippen LogP contribution < -0.4 is 4.90 Å². The first kappa shape index (κ1) is 14.8. The average Bonchev–Trinajstić information content (AvgIpc) is 3.08. The topological polar surface area (TPSA) is 59.2 Å². The number of hydrogen-bond donors (Lipinski definition) is 0. The molecule has 0 bridgehead atoms. The maximum atomic E-state index is 12.4. The van der Waals surface area contributed by atoms with E-state index in [1.165, 1.54) is 0 Å². The maximum absolute atomic E-state index is 12.4. The van der Waals surface area contributed by atoms with E-state index >= 15 is 0 Å². The number of aromatic nitrogens is 2. The quantitative estimate of drug-likeness (QED) is 0.872. The van der Waals surface area contributed by atoms with Gasteiger partial charge >= 0.3 is 0 Å². The molecular formula is C17H21N3O2. The molecule has 1 unspecified atom stereocenters. The van der Waals surface area contributed by atoms with Gasteiger partial charge in [0.05, 0.1) is 5.92 Å². The zero-order valence-electron chi connectivity index (χ0n) is 13.5. The van der Waals surface area contributed by atoms with Crippen molar-refractivity contribution >= 4 is 11.6 Å². The van der Waals surface area contributed by atoms with Crippen LogP contribution in [0.1, 0.15) is 54.9 Å². The molecule has 1 fully saturated rings. The van der Waals surface area contributed by atoms with Crippen molar-refractivity contribution < 1.29 is 9.32 Å². The molecule has 116 valence electrons. The van der Waals surface area contributed by atoms with Crippen LogP contribution in [0, 0.1) is 13.8 Å². The molecule has 1 aliphatic heterocycles. The lowest BCUT2D eigenvalue weighted by atomic mass is 10.1. The summed E-state index contributed by atoms with van der Waals surface area (Å²) in [4.78, 5) is 18.7. The fourth-order valence-electron chi connectivity index (χ4n) is 2.76. The van der Waals surface area contributed by atoms with Crippen LogP contribution in [0.5, 0.6) is 0 Å². The Kier molecular flexibility index (Phi) is 3.72. The van der Waals surface area contributed by atoms with Gasteiger partial charge in [0.1, 0.15) is 0 Å². The molecule has 5 nitrogen and oxygen atoms in total. The molecule has 5 heteroatoms. The van der Waals surface area contributed by atoms with Gasteiger partial charge in [-0.2, -0.15) is 4.98 Å². The van der Waals surface area contributed by atoms with Gasteiger partial charge in [0, 0.05) is 24.6 Å². The SMILES string of the molecule is Cc1ccc(C)c(N2CC(c3nc(C(C)C)no3)CC2=O)c1. The summed E-state index contributed by atoms with van der Waals surface area (Å²) in [6, 6.07) is 6.17. The van der Waals surface area contributed by atoms with Crippen molar-refractivity contribution in [2.75, 3.05) is 11.4 Å². The van der Waals surface area contributed by atoms with Gasteiger partial charge in [-0.1, -0.05) is 31.1 Å². The second-order valence-corrected chi connectivity index (χ2v) is 6.34. The Bertz CT molecular complexity index is 706. The normalized spacial score (nSPS) is 18.5. The van der Waals surface area contributed by atoms with Crippen molar-refractivity contribution in [3.05, 3.63) is 41.0 Å². The van der Waals surface area contributed by atoms with Crippen molar-refractivity contribution in [2.24, 2.45) is 0 Å². The summed E-state index contributed by atoms with van der Waals surface area (Å²) >= 11 is 0. The van der Waals surface area contributed by atoms with Crippen LogP contribution >= 0.6 is 0 Å². The number of carbonyl (C=O) groups is 1. The second kappa shape index (κ2) is 5.55. The standard InChI is InChI=1S/C17H21N3O2/c1-10(2)16-18-17(22-19-16)13-8-15(21)20(9-13)14-7-11(3)5-6-12(14)4/h5-7,10,13H,8-9H2,1-4H3. The van der Waals surface area contributed by atoms with Crippen molar-refractivity contribution in [1.29, 1.82) is 0 Å². The summed E-state index contributed by atoms with van der Waals surface area (Å²) in [6.45, 7) is 8.71. The highest BCUT2D eigenvalue weighted by atomic mass is 16.5. The molecule has 0 radical (unpaired) electrons. The summed E-state index contributed by atoms with van der Waals surface area (Å²) < 4.78 is 5.36. The number of benzene rings is 1. The lowest BCUT2D eigenvalue weighted by molar-refractivity contribution is -0.117. The average molecular weight is 299 g/mol. The van der Waals surface area contributed by atoms with E-state index < -0.39 is 0 Å². The number of hydrogen-bond acceptors (Lipinski definition) is 4. The van der Waals surface area contributed by atoms with Crippen LogP contribution in [0.2, 0.25) is 0 Å². The van der Waals surface area contributed by atoms with Gasteiger partial charge in [-0.05, 0) is 31.0 Å². The van der Waals surface area contributed by atoms with E-state index in [1.807, 2.05) is 32.6 Å². The second-order valence-electron chi connectivity index (χ2n) is 6.34. The van der Waals surface area contributed by atoms with Gasteiger partial charge in [0.15, 0.2) is 5.82 Å². The molecule has 2 aromatic rings. The minimum Gasteiger partial charge on any atom is -0.339 e. The molecule has 1 aromatic heterocycles. The lowest BCUT2D eigenvalue weighted by Gasteiger charge is -2.19. The highest BCUT2D eigenvalue weighted by Gasteiger charge is 2.35. The van der Waals surface area contributed by atoms with E-state index in [2.05, 4.69) is 28.3 Å². The summed E-state index contributed by atoms with van der Waals surface area (Å²) in [7, 11) is 0. The van der Waals surface area contributed by atoms with Gasteiger partial charge in [0.25, 0.3) is 0 Å². The van der Waals surface area contributed by atoms with Crippen molar-refractivity contribution in [3.63, 3.8) is 0 Å². The maximum Gasteiger partial charge on any atom is 0.232 e. The minimum atomic E-state index is -0.0209. The highest BCUT2D eigenvalue weighted by Crippen LogP contribution is 2.33. The molecule has 1 atom stereocenters. The van der Waals surface area contributed by atoms with E-state index in [1.54, 1.807) is 0 Å². The van der Waals surface area contributed by atoms with Gasteiger partial charge in [-0.3, -0.25) is 4.79 Å². The van der Waals surface area contributed by atoms with Crippen LogP contribution in [0.4, 0.5) is 5.69 Å². The fraction of sp³-hybridized carbons (Fsp3) is 0.471. The van der Waals surface area contributed by atoms with Gasteiger partial charge in [-0.25, -0.2) is 0 Å². The highest BCUT2D eigenvalue weighted by molar-refractivity contribution is 5.97. The molecule has 1 aromatic carbocycles. The van der Waals surface area contributed by atoms with E-state index in [-0.39, 0.29) is 17.7 Å². The summed E-state index contributed by atoms with van der Waals surface area (Å²) in [5.41, 5.74) is 3.24. The first-order valence-corrected chi connectivity index (χ1v) is 7.67. The third-order valence-electron chi connectivity index (χ3n) is 4.10. The zero-order chi connectivity index (χ0) is 15.9. The molecule has 0 aliphatic carbocycles. The zero-order valence-corrected chi connectivity index (χ0v) is 13.5. The van der Waals surface area contributed by atoms with Crippen LogP contribution in [-0.4, -0.2) is 22.6 Å². The van der Waals surface area contributed by atoms with Crippen molar-refractivity contribution in [1.82, 2.24) is 10.1 Å². The first-order chi connectivity index (χ1) is 10.5. The van der Waals surface area contributed by atoms with Gasteiger partial charge in [-0.15, -0.1) is 0 Å². The molecule has 0 spiro atoms. The Balaban J connectivity index is 1.85. The summed E-state index contributed by atoms with van der Waals surface area (Å²) in [5, 5.41) is 4.00. The van der Waals surface area contributed by atoms with Crippen LogP contribution in [-0.2, 0) is 4.79 Å². The van der Waals surface area contributed by atoms with Crippen molar-refractivity contribution in [2.45, 2.75) is 46.0 Å². The number of carbonyl (C=O) groups excluding carboxylic acids is 1. The largest absolute Gasteiger partial charge is 0.339 e. The van der Waals surface area contributed by atoms with Crippen LogP contribution in [0.25, 0.3) is 0 Å². The predicted octanol–water partition coefficient (Wildman–Crippen LogP) is 3.33. The third kappa shape index (κ3) is 2.63. The predicted molar refractivity (Wildman–Crippen MR) is 84.0 cm³/mol. The Hall–Kier alpha value is -2.17. The molecule has 0 N–H and O–H groups in total. The molecule has 2 heterocycles. The molecule has 0 saturated carbocycles. The Labute approximate surface area is 130 Å². The van der Waals surface area contributed by atoms with E-state index in [0.717, 1.165) is 16.8 Å². The monoisotopic (exact) mass is 299 g/mol. The Morgan fingerprint density at radius 1 is 1.32 bits per heavy atom. The smallest absolute Gasteiger partial charge is 0.232 e. The van der Waals surface area contributed by atoms with Crippen molar-refractivity contribution in [3.8, 4) is 0 Å². The molecule has 1 amide bonds.